The average molecular weight is 357 g/mol. The molecule has 0 fully saturated rings. The highest BCUT2D eigenvalue weighted by atomic mass is 16.5. The molecule has 0 saturated carbocycles. The van der Waals surface area contributed by atoms with E-state index in [0.29, 0.717) is 11.3 Å². The van der Waals surface area contributed by atoms with E-state index in [1.165, 1.54) is 0 Å². The zero-order chi connectivity index (χ0) is 18.6. The molecule has 0 aliphatic rings. The second-order valence-electron chi connectivity index (χ2n) is 6.15. The van der Waals surface area contributed by atoms with Crippen LogP contribution in [0.4, 0.5) is 5.82 Å². The maximum atomic E-state index is 10.9. The first-order valence-electron chi connectivity index (χ1n) is 8.64. The van der Waals surface area contributed by atoms with Crippen molar-refractivity contribution in [2.24, 2.45) is 0 Å². The number of methoxy groups -OCH3 is 1. The fourth-order valence-electron chi connectivity index (χ4n) is 3.14. The van der Waals surface area contributed by atoms with Crippen molar-refractivity contribution in [2.45, 2.75) is 6.04 Å². The minimum absolute atomic E-state index is 0.157. The van der Waals surface area contributed by atoms with E-state index in [4.69, 9.17) is 4.74 Å². The Morgan fingerprint density at radius 3 is 2.63 bits per heavy atom. The molecule has 2 aromatic carbocycles. The molecule has 134 valence electrons. The number of nitrogens with one attached hydrogen (secondary N) is 1. The highest BCUT2D eigenvalue weighted by Gasteiger charge is 2.20. The fourth-order valence-corrected chi connectivity index (χ4v) is 3.14. The van der Waals surface area contributed by atoms with Crippen molar-refractivity contribution >= 4 is 16.7 Å². The van der Waals surface area contributed by atoms with Crippen molar-refractivity contribution in [3.05, 3.63) is 90.3 Å². The van der Waals surface area contributed by atoms with Crippen LogP contribution in [0.1, 0.15) is 17.2 Å². The van der Waals surface area contributed by atoms with Crippen LogP contribution in [-0.2, 0) is 0 Å². The number of fused-ring (bicyclic) bond motifs is 1. The second kappa shape index (κ2) is 7.33. The Hall–Kier alpha value is -3.60. The third-order valence-corrected chi connectivity index (χ3v) is 4.47. The van der Waals surface area contributed by atoms with E-state index >= 15 is 0 Å². The van der Waals surface area contributed by atoms with Crippen LogP contribution in [0.25, 0.3) is 10.9 Å². The van der Waals surface area contributed by atoms with Gasteiger partial charge < -0.3 is 15.2 Å². The van der Waals surface area contributed by atoms with Crippen LogP contribution < -0.4 is 10.1 Å². The van der Waals surface area contributed by atoms with Crippen molar-refractivity contribution in [1.82, 2.24) is 9.97 Å². The molecule has 0 radical (unpaired) electrons. The summed E-state index contributed by atoms with van der Waals surface area (Å²) < 4.78 is 5.37. The largest absolute Gasteiger partial charge is 0.505 e. The minimum atomic E-state index is -0.318. The molecule has 4 aromatic rings. The Labute approximate surface area is 157 Å². The molecule has 1 unspecified atom stereocenters. The Kier molecular flexibility index (Phi) is 4.58. The van der Waals surface area contributed by atoms with Gasteiger partial charge in [-0.25, -0.2) is 4.98 Å². The average Bonchev–Trinajstić information content (AvgIpc) is 2.74. The molecule has 27 heavy (non-hydrogen) atoms. The minimum Gasteiger partial charge on any atom is -0.505 e. The summed E-state index contributed by atoms with van der Waals surface area (Å²) in [5, 5.41) is 15.2. The Morgan fingerprint density at radius 1 is 0.926 bits per heavy atom. The summed E-state index contributed by atoms with van der Waals surface area (Å²) in [6, 6.07) is 20.8. The van der Waals surface area contributed by atoms with E-state index in [-0.39, 0.29) is 11.8 Å². The summed E-state index contributed by atoms with van der Waals surface area (Å²) >= 11 is 0. The predicted molar refractivity (Wildman–Crippen MR) is 106 cm³/mol. The zero-order valence-electron chi connectivity index (χ0n) is 14.8. The third kappa shape index (κ3) is 3.40. The number of anilines is 1. The summed E-state index contributed by atoms with van der Waals surface area (Å²) in [4.78, 5) is 8.70. The first kappa shape index (κ1) is 16.8. The number of nitrogens with zero attached hydrogens (tertiary/aromatic N) is 2. The number of ether oxygens (including phenoxy) is 1. The molecule has 0 amide bonds. The van der Waals surface area contributed by atoms with Crippen LogP contribution in [0.15, 0.2) is 79.1 Å². The van der Waals surface area contributed by atoms with Crippen LogP contribution in [0.3, 0.4) is 0 Å². The number of aromatic hydroxyl groups is 1. The summed E-state index contributed by atoms with van der Waals surface area (Å²) in [5.41, 5.74) is 2.25. The lowest BCUT2D eigenvalue weighted by atomic mass is 9.96. The van der Waals surface area contributed by atoms with Crippen molar-refractivity contribution in [3.8, 4) is 11.5 Å². The van der Waals surface area contributed by atoms with Crippen LogP contribution >= 0.6 is 0 Å². The molecule has 2 heterocycles. The van der Waals surface area contributed by atoms with Gasteiger partial charge in [0.2, 0.25) is 0 Å². The van der Waals surface area contributed by atoms with Gasteiger partial charge in [-0.2, -0.15) is 0 Å². The van der Waals surface area contributed by atoms with Gasteiger partial charge in [-0.15, -0.1) is 0 Å². The number of hydrogen-bond acceptors (Lipinski definition) is 5. The normalized spacial score (nSPS) is 11.9. The van der Waals surface area contributed by atoms with Gasteiger partial charge in [0.05, 0.1) is 13.2 Å². The standard InChI is InChI=1S/C22H19N3O2/c1-27-17-8-4-6-16(14-17)20(25-19-9-2-3-12-23-19)18-11-10-15-7-5-13-24-21(15)22(18)26/h2-14,20,26H,1H3,(H,23,25). The molecule has 2 aromatic heterocycles. The molecule has 1 atom stereocenters. The molecular weight excluding hydrogens is 338 g/mol. The van der Waals surface area contributed by atoms with Crippen LogP contribution in [0, 0.1) is 0 Å². The summed E-state index contributed by atoms with van der Waals surface area (Å²) in [6.45, 7) is 0. The quantitative estimate of drug-likeness (QED) is 0.549. The topological polar surface area (TPSA) is 67.3 Å². The third-order valence-electron chi connectivity index (χ3n) is 4.47. The number of rotatable bonds is 5. The molecule has 0 aliphatic heterocycles. The maximum Gasteiger partial charge on any atom is 0.147 e. The van der Waals surface area contributed by atoms with E-state index in [1.807, 2.05) is 66.7 Å². The van der Waals surface area contributed by atoms with Gasteiger partial charge in [0.1, 0.15) is 22.8 Å². The molecule has 0 bridgehead atoms. The van der Waals surface area contributed by atoms with E-state index < -0.39 is 0 Å². The molecule has 0 spiro atoms. The molecule has 0 saturated heterocycles. The van der Waals surface area contributed by atoms with Gasteiger partial charge >= 0.3 is 0 Å². The van der Waals surface area contributed by atoms with Gasteiger partial charge in [0, 0.05) is 23.3 Å². The molecule has 2 N–H and O–H groups in total. The number of benzene rings is 2. The van der Waals surface area contributed by atoms with E-state index in [0.717, 1.165) is 22.3 Å². The zero-order valence-corrected chi connectivity index (χ0v) is 14.8. The Bertz CT molecular complexity index is 1070. The molecular formula is C22H19N3O2. The van der Waals surface area contributed by atoms with E-state index in [2.05, 4.69) is 15.3 Å². The van der Waals surface area contributed by atoms with Crippen molar-refractivity contribution in [3.63, 3.8) is 0 Å². The number of aromatic nitrogens is 2. The Balaban J connectivity index is 1.86. The van der Waals surface area contributed by atoms with Gasteiger partial charge in [0.15, 0.2) is 0 Å². The van der Waals surface area contributed by atoms with Gasteiger partial charge in [0.25, 0.3) is 0 Å². The van der Waals surface area contributed by atoms with Crippen LogP contribution in [-0.4, -0.2) is 22.2 Å². The SMILES string of the molecule is COc1cccc(C(Nc2ccccn2)c2ccc3cccnc3c2O)c1. The summed E-state index contributed by atoms with van der Waals surface area (Å²) in [5.74, 6) is 1.62. The lowest BCUT2D eigenvalue weighted by molar-refractivity contribution is 0.414. The molecule has 0 aliphatic carbocycles. The van der Waals surface area contributed by atoms with Crippen molar-refractivity contribution in [2.75, 3.05) is 12.4 Å². The van der Waals surface area contributed by atoms with Gasteiger partial charge in [-0.1, -0.05) is 36.4 Å². The first-order valence-corrected chi connectivity index (χ1v) is 8.64. The van der Waals surface area contributed by atoms with Gasteiger partial charge in [-0.05, 0) is 35.9 Å². The second-order valence-corrected chi connectivity index (χ2v) is 6.15. The van der Waals surface area contributed by atoms with E-state index in [9.17, 15) is 5.11 Å². The lowest BCUT2D eigenvalue weighted by Gasteiger charge is -2.22. The Morgan fingerprint density at radius 2 is 1.81 bits per heavy atom. The van der Waals surface area contributed by atoms with Crippen LogP contribution in [0.2, 0.25) is 0 Å². The number of phenols is 1. The number of phenolic OH excluding ortho intramolecular Hbond substituents is 1. The number of pyridine rings is 2. The van der Waals surface area contributed by atoms with Gasteiger partial charge in [-0.3, -0.25) is 4.98 Å². The highest BCUT2D eigenvalue weighted by molar-refractivity contribution is 5.86. The first-order chi connectivity index (χ1) is 13.3. The highest BCUT2D eigenvalue weighted by Crippen LogP contribution is 2.36. The lowest BCUT2D eigenvalue weighted by Crippen LogP contribution is -2.13. The van der Waals surface area contributed by atoms with Crippen molar-refractivity contribution in [1.29, 1.82) is 0 Å². The predicted octanol–water partition coefficient (Wildman–Crippen LogP) is 4.55. The maximum absolute atomic E-state index is 10.9. The molecule has 5 heteroatoms. The fraction of sp³-hybridized carbons (Fsp3) is 0.0909. The monoisotopic (exact) mass is 357 g/mol. The van der Waals surface area contributed by atoms with Crippen molar-refractivity contribution < 1.29 is 9.84 Å². The van der Waals surface area contributed by atoms with E-state index in [1.54, 1.807) is 19.5 Å². The molecule has 5 nitrogen and oxygen atoms in total. The summed E-state index contributed by atoms with van der Waals surface area (Å²) in [6.07, 6.45) is 3.41. The summed E-state index contributed by atoms with van der Waals surface area (Å²) in [7, 11) is 1.64. The number of hydrogen-bond donors (Lipinski definition) is 2. The van der Waals surface area contributed by atoms with Crippen LogP contribution in [0.5, 0.6) is 11.5 Å². The molecule has 4 rings (SSSR count). The smallest absolute Gasteiger partial charge is 0.147 e.